The number of amides is 2. The van der Waals surface area contributed by atoms with Gasteiger partial charge in [0.1, 0.15) is 11.3 Å². The maximum atomic E-state index is 11.9. The zero-order chi connectivity index (χ0) is 20.0. The molecule has 0 aliphatic carbocycles. The molecule has 0 fully saturated rings. The minimum Gasteiger partial charge on any atom is -0.507 e. The molecule has 2 amide bonds. The Balaban J connectivity index is 1.80. The number of benzene rings is 2. The van der Waals surface area contributed by atoms with Crippen LogP contribution in [0.1, 0.15) is 21.5 Å². The first-order valence-electron chi connectivity index (χ1n) is 8.06. The number of hydrogen-bond donors (Lipinski definition) is 3. The highest BCUT2D eigenvalue weighted by atomic mass is 35.5. The van der Waals surface area contributed by atoms with Gasteiger partial charge in [-0.25, -0.2) is 4.79 Å². The maximum Gasteiger partial charge on any atom is 0.342 e. The van der Waals surface area contributed by atoms with Crippen LogP contribution >= 0.6 is 11.6 Å². The highest BCUT2D eigenvalue weighted by molar-refractivity contribution is 6.31. The van der Waals surface area contributed by atoms with Crippen molar-refractivity contribution in [2.75, 3.05) is 18.5 Å². The number of aryl methyl sites for hydroxylation is 1. The van der Waals surface area contributed by atoms with Crippen LogP contribution in [0.4, 0.5) is 5.69 Å². The Bertz CT molecular complexity index is 882. The first-order chi connectivity index (χ1) is 12.8. The standard InChI is InChI=1S/C19H19ClN2O5/c1-11-4-3-5-15(12(11)2)22-17(24)9-21-18(25)10-27-19(26)14-8-13(20)6-7-16(14)23/h3-8,23H,9-10H2,1-2H3,(H,21,25)(H,22,24). The van der Waals surface area contributed by atoms with Gasteiger partial charge in [-0.2, -0.15) is 0 Å². The van der Waals surface area contributed by atoms with E-state index in [9.17, 15) is 19.5 Å². The zero-order valence-electron chi connectivity index (χ0n) is 14.8. The fourth-order valence-electron chi connectivity index (χ4n) is 2.19. The Hall–Kier alpha value is -3.06. The molecule has 0 atom stereocenters. The van der Waals surface area contributed by atoms with E-state index in [0.717, 1.165) is 11.1 Å². The van der Waals surface area contributed by atoms with Crippen LogP contribution in [0, 0.1) is 13.8 Å². The van der Waals surface area contributed by atoms with Crippen molar-refractivity contribution in [1.82, 2.24) is 5.32 Å². The Morgan fingerprint density at radius 1 is 1.11 bits per heavy atom. The molecule has 3 N–H and O–H groups in total. The highest BCUT2D eigenvalue weighted by Crippen LogP contribution is 2.22. The largest absolute Gasteiger partial charge is 0.507 e. The van der Waals surface area contributed by atoms with Crippen molar-refractivity contribution >= 4 is 35.1 Å². The lowest BCUT2D eigenvalue weighted by molar-refractivity contribution is -0.126. The van der Waals surface area contributed by atoms with Gasteiger partial charge in [-0.05, 0) is 49.2 Å². The van der Waals surface area contributed by atoms with Crippen molar-refractivity contribution in [3.8, 4) is 5.75 Å². The quantitative estimate of drug-likeness (QED) is 0.657. The van der Waals surface area contributed by atoms with E-state index in [1.165, 1.54) is 18.2 Å². The summed E-state index contributed by atoms with van der Waals surface area (Å²) in [5.41, 5.74) is 2.49. The Labute approximate surface area is 161 Å². The lowest BCUT2D eigenvalue weighted by Crippen LogP contribution is -2.35. The smallest absolute Gasteiger partial charge is 0.342 e. The first-order valence-corrected chi connectivity index (χ1v) is 8.44. The SMILES string of the molecule is Cc1cccc(NC(=O)CNC(=O)COC(=O)c2cc(Cl)ccc2O)c1C. The van der Waals surface area contributed by atoms with Gasteiger partial charge in [0, 0.05) is 10.7 Å². The van der Waals surface area contributed by atoms with Gasteiger partial charge >= 0.3 is 5.97 Å². The fourth-order valence-corrected chi connectivity index (χ4v) is 2.36. The summed E-state index contributed by atoms with van der Waals surface area (Å²) < 4.78 is 4.81. The summed E-state index contributed by atoms with van der Waals surface area (Å²) in [6, 6.07) is 9.40. The average Bonchev–Trinajstić information content (AvgIpc) is 2.63. The molecule has 142 valence electrons. The number of ether oxygens (including phenoxy) is 1. The van der Waals surface area contributed by atoms with Crippen molar-refractivity contribution in [1.29, 1.82) is 0 Å². The lowest BCUT2D eigenvalue weighted by atomic mass is 10.1. The number of rotatable bonds is 6. The number of phenolic OH excluding ortho intramolecular Hbond substituents is 1. The van der Waals surface area contributed by atoms with Gasteiger partial charge in [-0.1, -0.05) is 23.7 Å². The summed E-state index contributed by atoms with van der Waals surface area (Å²) in [6.07, 6.45) is 0. The second-order valence-corrected chi connectivity index (χ2v) is 6.25. The summed E-state index contributed by atoms with van der Waals surface area (Å²) in [7, 11) is 0. The molecule has 2 rings (SSSR count). The predicted octanol–water partition coefficient (Wildman–Crippen LogP) is 2.57. The second-order valence-electron chi connectivity index (χ2n) is 5.81. The summed E-state index contributed by atoms with van der Waals surface area (Å²) >= 11 is 5.75. The van der Waals surface area contributed by atoms with Gasteiger partial charge in [0.25, 0.3) is 5.91 Å². The van der Waals surface area contributed by atoms with E-state index < -0.39 is 24.4 Å². The average molecular weight is 391 g/mol. The van der Waals surface area contributed by atoms with Gasteiger partial charge in [0.05, 0.1) is 6.54 Å². The molecule has 0 radical (unpaired) electrons. The van der Waals surface area contributed by atoms with Crippen LogP contribution in [0.15, 0.2) is 36.4 Å². The van der Waals surface area contributed by atoms with Crippen LogP contribution in [0.2, 0.25) is 5.02 Å². The number of halogens is 1. The number of carbonyl (C=O) groups is 3. The molecule has 0 bridgehead atoms. The normalized spacial score (nSPS) is 10.2. The van der Waals surface area contributed by atoms with Crippen molar-refractivity contribution in [3.63, 3.8) is 0 Å². The fraction of sp³-hybridized carbons (Fsp3) is 0.211. The number of aromatic hydroxyl groups is 1. The third kappa shape index (κ3) is 5.72. The van der Waals surface area contributed by atoms with Crippen LogP contribution < -0.4 is 10.6 Å². The van der Waals surface area contributed by atoms with Gasteiger partial charge in [-0.15, -0.1) is 0 Å². The Morgan fingerprint density at radius 3 is 2.59 bits per heavy atom. The predicted molar refractivity (Wildman–Crippen MR) is 101 cm³/mol. The van der Waals surface area contributed by atoms with Crippen LogP contribution in [-0.4, -0.2) is 36.0 Å². The molecular formula is C19H19ClN2O5. The van der Waals surface area contributed by atoms with Crippen molar-refractivity contribution < 1.29 is 24.2 Å². The van der Waals surface area contributed by atoms with Crippen LogP contribution in [-0.2, 0) is 14.3 Å². The molecule has 0 saturated carbocycles. The van der Waals surface area contributed by atoms with Crippen LogP contribution in [0.25, 0.3) is 0 Å². The Morgan fingerprint density at radius 2 is 1.85 bits per heavy atom. The van der Waals surface area contributed by atoms with Crippen molar-refractivity contribution in [2.24, 2.45) is 0 Å². The maximum absolute atomic E-state index is 11.9. The van der Waals surface area contributed by atoms with E-state index in [0.29, 0.717) is 5.69 Å². The molecule has 0 spiro atoms. The van der Waals surface area contributed by atoms with Gasteiger partial charge in [-0.3, -0.25) is 9.59 Å². The first kappa shape index (κ1) is 20.3. The van der Waals surface area contributed by atoms with Crippen LogP contribution in [0.5, 0.6) is 5.75 Å². The summed E-state index contributed by atoms with van der Waals surface area (Å²) in [6.45, 7) is 2.95. The van der Waals surface area contributed by atoms with E-state index in [1.54, 1.807) is 6.07 Å². The molecule has 0 aromatic heterocycles. The molecule has 0 aliphatic heterocycles. The zero-order valence-corrected chi connectivity index (χ0v) is 15.6. The van der Waals surface area contributed by atoms with E-state index in [2.05, 4.69) is 10.6 Å². The lowest BCUT2D eigenvalue weighted by Gasteiger charge is -2.11. The second kappa shape index (κ2) is 9.05. The van der Waals surface area contributed by atoms with Gasteiger partial charge in [0.15, 0.2) is 6.61 Å². The molecule has 2 aromatic rings. The van der Waals surface area contributed by atoms with Crippen LogP contribution in [0.3, 0.4) is 0 Å². The van der Waals surface area contributed by atoms with E-state index in [1.807, 2.05) is 26.0 Å². The van der Waals surface area contributed by atoms with Gasteiger partial charge in [0.2, 0.25) is 5.91 Å². The van der Waals surface area contributed by atoms with E-state index in [-0.39, 0.29) is 22.9 Å². The molecular weight excluding hydrogens is 372 g/mol. The molecule has 8 heteroatoms. The summed E-state index contributed by atoms with van der Waals surface area (Å²) in [5, 5.41) is 14.9. The molecule has 0 unspecified atom stereocenters. The van der Waals surface area contributed by atoms with Crippen molar-refractivity contribution in [2.45, 2.75) is 13.8 Å². The monoisotopic (exact) mass is 390 g/mol. The molecule has 0 heterocycles. The molecule has 0 saturated heterocycles. The Kier molecular flexibility index (Phi) is 6.79. The summed E-state index contributed by atoms with van der Waals surface area (Å²) in [4.78, 5) is 35.6. The number of esters is 1. The van der Waals surface area contributed by atoms with E-state index >= 15 is 0 Å². The van der Waals surface area contributed by atoms with Gasteiger partial charge < -0.3 is 20.5 Å². The number of nitrogens with one attached hydrogen (secondary N) is 2. The number of hydrogen-bond acceptors (Lipinski definition) is 5. The minimum absolute atomic E-state index is 0.150. The molecule has 2 aromatic carbocycles. The molecule has 0 aliphatic rings. The third-order valence-electron chi connectivity index (χ3n) is 3.84. The number of phenols is 1. The molecule has 27 heavy (non-hydrogen) atoms. The minimum atomic E-state index is -0.898. The summed E-state index contributed by atoms with van der Waals surface area (Å²) in [5.74, 6) is -2.26. The van der Waals surface area contributed by atoms with E-state index in [4.69, 9.17) is 16.3 Å². The van der Waals surface area contributed by atoms with Crippen molar-refractivity contribution in [3.05, 3.63) is 58.1 Å². The molecule has 7 nitrogen and oxygen atoms in total. The number of carbonyl (C=O) groups excluding carboxylic acids is 3. The topological polar surface area (TPSA) is 105 Å². The third-order valence-corrected chi connectivity index (χ3v) is 4.07. The number of anilines is 1. The highest BCUT2D eigenvalue weighted by Gasteiger charge is 2.15.